The van der Waals surface area contributed by atoms with Crippen LogP contribution in [0, 0.1) is 5.41 Å². The molecule has 0 bridgehead atoms. The Morgan fingerprint density at radius 3 is 2.46 bits per heavy atom. The second-order valence-electron chi connectivity index (χ2n) is 9.22. The molecule has 35 heavy (non-hydrogen) atoms. The summed E-state index contributed by atoms with van der Waals surface area (Å²) in [5.74, 6) is -1.30. The molecule has 0 aliphatic carbocycles. The van der Waals surface area contributed by atoms with Gasteiger partial charge in [-0.1, -0.05) is 44.2 Å². The average Bonchev–Trinajstić information content (AvgIpc) is 3.09. The topological polar surface area (TPSA) is 155 Å². The van der Waals surface area contributed by atoms with Crippen molar-refractivity contribution >= 4 is 24.0 Å². The van der Waals surface area contributed by atoms with Crippen LogP contribution in [-0.2, 0) is 19.1 Å². The SMILES string of the molecule is CNC(=O)NCCCC[C@H](NC(=O)O[C@@H]1C(=O)OCC1(C)C)C(O)C(=O)N[C@H](C)c1ccccc1. The number of alkyl carbamates (subject to hydrolysis) is 1. The highest BCUT2D eigenvalue weighted by molar-refractivity contribution is 5.84. The van der Waals surface area contributed by atoms with Crippen LogP contribution in [0.2, 0.25) is 0 Å². The molecule has 5 N–H and O–H groups in total. The molecule has 4 atom stereocenters. The minimum Gasteiger partial charge on any atom is -0.462 e. The highest BCUT2D eigenvalue weighted by atomic mass is 16.6. The number of hydrogen-bond acceptors (Lipinski definition) is 7. The number of cyclic esters (lactones) is 1. The number of aliphatic hydroxyl groups excluding tert-OH is 1. The Morgan fingerprint density at radius 1 is 1.17 bits per heavy atom. The molecule has 11 heteroatoms. The van der Waals surface area contributed by atoms with Gasteiger partial charge in [-0.05, 0) is 31.7 Å². The third-order valence-electron chi connectivity index (χ3n) is 5.80. The number of hydrogen-bond donors (Lipinski definition) is 5. The highest BCUT2D eigenvalue weighted by Gasteiger charge is 2.47. The van der Waals surface area contributed by atoms with Crippen LogP contribution in [0.1, 0.15) is 51.6 Å². The van der Waals surface area contributed by atoms with Crippen molar-refractivity contribution in [1.29, 1.82) is 0 Å². The molecule has 1 fully saturated rings. The van der Waals surface area contributed by atoms with Crippen molar-refractivity contribution in [2.45, 2.75) is 64.3 Å². The highest BCUT2D eigenvalue weighted by Crippen LogP contribution is 2.31. The quantitative estimate of drug-likeness (QED) is 0.231. The molecule has 1 unspecified atom stereocenters. The van der Waals surface area contributed by atoms with Crippen LogP contribution in [-0.4, -0.2) is 67.6 Å². The van der Waals surface area contributed by atoms with Crippen LogP contribution in [0.3, 0.4) is 0 Å². The maximum absolute atomic E-state index is 12.8. The number of benzene rings is 1. The molecule has 1 aromatic carbocycles. The summed E-state index contributed by atoms with van der Waals surface area (Å²) in [5, 5.41) is 21.1. The van der Waals surface area contributed by atoms with Crippen LogP contribution < -0.4 is 21.3 Å². The summed E-state index contributed by atoms with van der Waals surface area (Å²) in [6.45, 7) is 5.76. The summed E-state index contributed by atoms with van der Waals surface area (Å²) < 4.78 is 10.3. The molecule has 0 saturated carbocycles. The molecule has 1 aliphatic rings. The smallest absolute Gasteiger partial charge is 0.408 e. The van der Waals surface area contributed by atoms with Gasteiger partial charge in [0.15, 0.2) is 6.10 Å². The molecule has 0 radical (unpaired) electrons. The largest absolute Gasteiger partial charge is 0.462 e. The van der Waals surface area contributed by atoms with Gasteiger partial charge in [0.05, 0.1) is 12.1 Å². The van der Waals surface area contributed by atoms with E-state index in [2.05, 4.69) is 21.3 Å². The van der Waals surface area contributed by atoms with Crippen molar-refractivity contribution in [3.05, 3.63) is 35.9 Å². The lowest BCUT2D eigenvalue weighted by Gasteiger charge is -2.27. The number of esters is 1. The lowest BCUT2D eigenvalue weighted by atomic mass is 9.90. The first kappa shape index (κ1) is 27.9. The number of aliphatic hydroxyl groups is 1. The number of ether oxygens (including phenoxy) is 2. The third kappa shape index (κ3) is 8.43. The van der Waals surface area contributed by atoms with E-state index < -0.39 is 41.6 Å². The van der Waals surface area contributed by atoms with E-state index in [1.54, 1.807) is 20.8 Å². The fourth-order valence-electron chi connectivity index (χ4n) is 3.62. The first-order valence-electron chi connectivity index (χ1n) is 11.7. The van der Waals surface area contributed by atoms with Crippen LogP contribution in [0.4, 0.5) is 9.59 Å². The number of urea groups is 1. The molecule has 2 rings (SSSR count). The van der Waals surface area contributed by atoms with Gasteiger partial charge in [-0.2, -0.15) is 0 Å². The lowest BCUT2D eigenvalue weighted by Crippen LogP contribution is -2.52. The van der Waals surface area contributed by atoms with Gasteiger partial charge in [-0.15, -0.1) is 0 Å². The van der Waals surface area contributed by atoms with E-state index in [1.807, 2.05) is 30.3 Å². The fraction of sp³-hybridized carbons (Fsp3) is 0.583. The number of amides is 4. The minimum absolute atomic E-state index is 0.119. The van der Waals surface area contributed by atoms with Crippen LogP contribution >= 0.6 is 0 Å². The Balaban J connectivity index is 2.00. The van der Waals surface area contributed by atoms with Crippen molar-refractivity contribution in [3.8, 4) is 0 Å². The van der Waals surface area contributed by atoms with Gasteiger partial charge in [0, 0.05) is 19.0 Å². The standard InChI is InChI=1S/C24H36N4O7/c1-15(16-10-6-5-7-11-16)27-20(30)18(29)17(12-8-9-13-26-22(32)25-4)28-23(33)35-19-21(31)34-14-24(19,2)3/h5-7,10-11,15,17-19,29H,8-9,12-14H2,1-4H3,(H,27,30)(H,28,33)(H2,25,26,32)/t15-,17+,18?,19-/m1/s1. The predicted octanol–water partition coefficient (Wildman–Crippen LogP) is 1.37. The van der Waals surface area contributed by atoms with Crippen LogP contribution in [0.5, 0.6) is 0 Å². The molecule has 1 heterocycles. The van der Waals surface area contributed by atoms with Crippen molar-refractivity contribution in [1.82, 2.24) is 21.3 Å². The zero-order valence-corrected chi connectivity index (χ0v) is 20.6. The summed E-state index contributed by atoms with van der Waals surface area (Å²) in [4.78, 5) is 48.6. The molecular weight excluding hydrogens is 456 g/mol. The molecule has 4 amide bonds. The summed E-state index contributed by atoms with van der Waals surface area (Å²) in [7, 11) is 1.51. The Labute approximate surface area is 205 Å². The van der Waals surface area contributed by atoms with Gasteiger partial charge in [-0.3, -0.25) is 4.79 Å². The van der Waals surface area contributed by atoms with Crippen molar-refractivity contribution in [2.24, 2.45) is 5.41 Å². The normalized spacial score (nSPS) is 19.0. The van der Waals surface area contributed by atoms with E-state index in [0.717, 1.165) is 5.56 Å². The maximum Gasteiger partial charge on any atom is 0.408 e. The first-order valence-corrected chi connectivity index (χ1v) is 11.7. The van der Waals surface area contributed by atoms with E-state index in [-0.39, 0.29) is 25.1 Å². The van der Waals surface area contributed by atoms with Crippen molar-refractivity contribution < 1.29 is 33.8 Å². The number of carbonyl (C=O) groups is 4. The van der Waals surface area contributed by atoms with E-state index in [9.17, 15) is 24.3 Å². The zero-order chi connectivity index (χ0) is 26.0. The Bertz CT molecular complexity index is 878. The zero-order valence-electron chi connectivity index (χ0n) is 20.6. The molecule has 0 aromatic heterocycles. The number of unbranched alkanes of at least 4 members (excludes halogenated alkanes) is 1. The molecule has 1 saturated heterocycles. The first-order chi connectivity index (χ1) is 16.5. The molecule has 11 nitrogen and oxygen atoms in total. The summed E-state index contributed by atoms with van der Waals surface area (Å²) >= 11 is 0. The van der Waals surface area contributed by atoms with Gasteiger partial charge in [0.25, 0.3) is 5.91 Å². The predicted molar refractivity (Wildman–Crippen MR) is 127 cm³/mol. The third-order valence-corrected chi connectivity index (χ3v) is 5.80. The average molecular weight is 493 g/mol. The van der Waals surface area contributed by atoms with E-state index >= 15 is 0 Å². The molecule has 1 aliphatic heterocycles. The molecule has 194 valence electrons. The number of nitrogens with one attached hydrogen (secondary N) is 4. The van der Waals surface area contributed by atoms with Crippen molar-refractivity contribution in [3.63, 3.8) is 0 Å². The van der Waals surface area contributed by atoms with E-state index in [1.165, 1.54) is 7.05 Å². The fourth-order valence-corrected chi connectivity index (χ4v) is 3.62. The molecule has 1 aromatic rings. The summed E-state index contributed by atoms with van der Waals surface area (Å²) in [6, 6.07) is 7.59. The minimum atomic E-state index is -1.57. The van der Waals surface area contributed by atoms with Crippen LogP contribution in [0.25, 0.3) is 0 Å². The Morgan fingerprint density at radius 2 is 1.86 bits per heavy atom. The summed E-state index contributed by atoms with van der Waals surface area (Å²) in [5.41, 5.74) is 0.163. The van der Waals surface area contributed by atoms with Gasteiger partial charge in [0.1, 0.15) is 6.61 Å². The van der Waals surface area contributed by atoms with Gasteiger partial charge in [-0.25, -0.2) is 14.4 Å². The molecular formula is C24H36N4O7. The number of rotatable bonds is 11. The summed E-state index contributed by atoms with van der Waals surface area (Å²) in [6.07, 6.45) is -2.31. The maximum atomic E-state index is 12.8. The Hall–Kier alpha value is -3.34. The Kier molecular flexibility index (Phi) is 10.3. The van der Waals surface area contributed by atoms with Gasteiger partial charge < -0.3 is 35.8 Å². The van der Waals surface area contributed by atoms with E-state index in [0.29, 0.717) is 19.4 Å². The monoisotopic (exact) mass is 492 g/mol. The van der Waals surface area contributed by atoms with Gasteiger partial charge >= 0.3 is 18.1 Å². The number of carbonyl (C=O) groups excluding carboxylic acids is 4. The second kappa shape index (κ2) is 12.9. The second-order valence-corrected chi connectivity index (χ2v) is 9.22. The lowest BCUT2D eigenvalue weighted by molar-refractivity contribution is -0.145. The van der Waals surface area contributed by atoms with Gasteiger partial charge in [0.2, 0.25) is 6.10 Å². The van der Waals surface area contributed by atoms with Crippen molar-refractivity contribution in [2.75, 3.05) is 20.2 Å². The van der Waals surface area contributed by atoms with Crippen LogP contribution in [0.15, 0.2) is 30.3 Å². The molecule has 0 spiro atoms. The van der Waals surface area contributed by atoms with E-state index in [4.69, 9.17) is 9.47 Å².